The Hall–Kier alpha value is -2.49. The molecule has 0 amide bonds. The first-order chi connectivity index (χ1) is 10.6. The molecule has 4 heteroatoms. The summed E-state index contributed by atoms with van der Waals surface area (Å²) >= 11 is 0. The molecule has 0 N–H and O–H groups in total. The summed E-state index contributed by atoms with van der Waals surface area (Å²) in [5, 5.41) is 1.06. The van der Waals surface area contributed by atoms with E-state index in [0.717, 1.165) is 22.3 Å². The number of aryl methyl sites for hydroxylation is 2. The molecule has 0 aliphatic heterocycles. The predicted octanol–water partition coefficient (Wildman–Crippen LogP) is 3.27. The van der Waals surface area contributed by atoms with Crippen LogP contribution < -0.4 is 5.69 Å². The Morgan fingerprint density at radius 3 is 2.73 bits per heavy atom. The maximum absolute atomic E-state index is 12.5. The highest BCUT2D eigenvalue weighted by Crippen LogP contribution is 2.41. The van der Waals surface area contributed by atoms with Crippen LogP contribution >= 0.6 is 0 Å². The Bertz CT molecular complexity index is 924. The Labute approximate surface area is 128 Å². The maximum atomic E-state index is 12.5. The lowest BCUT2D eigenvalue weighted by molar-refractivity contribution is 0.929. The second kappa shape index (κ2) is 4.77. The number of hydrogen-bond acceptors (Lipinski definition) is 3. The van der Waals surface area contributed by atoms with E-state index in [0.29, 0.717) is 5.92 Å². The fourth-order valence-electron chi connectivity index (χ4n) is 3.18. The van der Waals surface area contributed by atoms with Crippen LogP contribution in [0.2, 0.25) is 0 Å². The molecule has 0 saturated heterocycles. The molecule has 1 fully saturated rings. The number of pyridine rings is 1. The van der Waals surface area contributed by atoms with E-state index in [4.69, 9.17) is 0 Å². The molecule has 1 aliphatic rings. The third kappa shape index (κ3) is 2.03. The van der Waals surface area contributed by atoms with E-state index in [1.807, 2.05) is 19.1 Å². The summed E-state index contributed by atoms with van der Waals surface area (Å²) in [6.45, 7) is 4.00. The van der Waals surface area contributed by atoms with E-state index >= 15 is 0 Å². The van der Waals surface area contributed by atoms with Crippen molar-refractivity contribution in [1.82, 2.24) is 14.5 Å². The lowest BCUT2D eigenvalue weighted by Gasteiger charge is -2.14. The van der Waals surface area contributed by atoms with Crippen LogP contribution in [0, 0.1) is 13.8 Å². The van der Waals surface area contributed by atoms with Crippen molar-refractivity contribution in [1.29, 1.82) is 0 Å². The van der Waals surface area contributed by atoms with Gasteiger partial charge in [0, 0.05) is 11.6 Å². The van der Waals surface area contributed by atoms with Crippen molar-refractivity contribution in [3.8, 4) is 5.69 Å². The zero-order valence-electron chi connectivity index (χ0n) is 12.7. The van der Waals surface area contributed by atoms with Crippen LogP contribution in [0.4, 0.5) is 0 Å². The molecular weight excluding hydrogens is 274 g/mol. The molecule has 1 aliphatic carbocycles. The Balaban J connectivity index is 2.13. The number of hydrogen-bond donors (Lipinski definition) is 0. The van der Waals surface area contributed by atoms with E-state index in [1.165, 1.54) is 24.0 Å². The molecule has 0 spiro atoms. The van der Waals surface area contributed by atoms with Crippen LogP contribution in [-0.4, -0.2) is 14.5 Å². The van der Waals surface area contributed by atoms with Gasteiger partial charge in [0.15, 0.2) is 0 Å². The summed E-state index contributed by atoms with van der Waals surface area (Å²) in [6.07, 6.45) is 5.90. The van der Waals surface area contributed by atoms with Crippen LogP contribution in [-0.2, 0) is 0 Å². The summed E-state index contributed by atoms with van der Waals surface area (Å²) in [5.41, 5.74) is 4.75. The van der Waals surface area contributed by atoms with Gasteiger partial charge in [0.1, 0.15) is 0 Å². The maximum Gasteiger partial charge on any atom is 0.352 e. The number of benzene rings is 1. The van der Waals surface area contributed by atoms with Crippen LogP contribution in [0.5, 0.6) is 0 Å². The zero-order chi connectivity index (χ0) is 15.3. The van der Waals surface area contributed by atoms with E-state index in [1.54, 1.807) is 17.0 Å². The van der Waals surface area contributed by atoms with E-state index in [9.17, 15) is 4.79 Å². The van der Waals surface area contributed by atoms with E-state index in [2.05, 4.69) is 29.0 Å². The Morgan fingerprint density at radius 2 is 2.05 bits per heavy atom. The van der Waals surface area contributed by atoms with Gasteiger partial charge in [0.2, 0.25) is 0 Å². The fraction of sp³-hybridized carbons (Fsp3) is 0.278. The van der Waals surface area contributed by atoms with Crippen LogP contribution in [0.1, 0.15) is 35.6 Å². The van der Waals surface area contributed by atoms with Gasteiger partial charge in [-0.3, -0.25) is 9.55 Å². The molecule has 0 atom stereocenters. The number of aromatic nitrogens is 3. The van der Waals surface area contributed by atoms with Gasteiger partial charge in [-0.05, 0) is 61.9 Å². The molecule has 110 valence electrons. The molecule has 2 aromatic heterocycles. The van der Waals surface area contributed by atoms with Gasteiger partial charge in [-0.1, -0.05) is 6.07 Å². The molecule has 0 unspecified atom stereocenters. The normalized spacial score (nSPS) is 14.5. The summed E-state index contributed by atoms with van der Waals surface area (Å²) < 4.78 is 1.67. The first-order valence-electron chi connectivity index (χ1n) is 7.59. The van der Waals surface area contributed by atoms with Gasteiger partial charge in [-0.15, -0.1) is 0 Å². The fourth-order valence-corrected chi connectivity index (χ4v) is 3.18. The van der Waals surface area contributed by atoms with Crippen LogP contribution in [0.15, 0.2) is 41.5 Å². The average Bonchev–Trinajstić information content (AvgIpc) is 3.32. The van der Waals surface area contributed by atoms with Crippen LogP contribution in [0.25, 0.3) is 16.6 Å². The summed E-state index contributed by atoms with van der Waals surface area (Å²) in [5.74, 6) is 0.647. The first-order valence-corrected chi connectivity index (χ1v) is 7.59. The highest BCUT2D eigenvalue weighted by molar-refractivity contribution is 5.86. The third-order valence-electron chi connectivity index (χ3n) is 4.35. The molecular formula is C18H17N3O. The van der Waals surface area contributed by atoms with Crippen LogP contribution in [0.3, 0.4) is 0 Å². The van der Waals surface area contributed by atoms with Crippen molar-refractivity contribution in [3.05, 3.63) is 64.0 Å². The third-order valence-corrected chi connectivity index (χ3v) is 4.35. The minimum atomic E-state index is -0.245. The Morgan fingerprint density at radius 1 is 1.23 bits per heavy atom. The predicted molar refractivity (Wildman–Crippen MR) is 86.6 cm³/mol. The monoisotopic (exact) mass is 291 g/mol. The van der Waals surface area contributed by atoms with Gasteiger partial charge in [-0.25, -0.2) is 4.79 Å². The van der Waals surface area contributed by atoms with Crippen molar-refractivity contribution in [3.63, 3.8) is 0 Å². The largest absolute Gasteiger partial charge is 0.352 e. The smallest absolute Gasteiger partial charge is 0.263 e. The average molecular weight is 291 g/mol. The topological polar surface area (TPSA) is 47.8 Å². The van der Waals surface area contributed by atoms with Crippen molar-refractivity contribution in [2.75, 3.05) is 0 Å². The Kier molecular flexibility index (Phi) is 2.86. The quantitative estimate of drug-likeness (QED) is 0.728. The van der Waals surface area contributed by atoms with E-state index < -0.39 is 0 Å². The lowest BCUT2D eigenvalue weighted by Crippen LogP contribution is -2.23. The van der Waals surface area contributed by atoms with Gasteiger partial charge in [-0.2, -0.15) is 4.98 Å². The summed E-state index contributed by atoms with van der Waals surface area (Å²) in [7, 11) is 0. The molecule has 1 saturated carbocycles. The number of rotatable bonds is 2. The summed E-state index contributed by atoms with van der Waals surface area (Å²) in [6, 6.07) is 8.13. The molecule has 4 nitrogen and oxygen atoms in total. The second-order valence-corrected chi connectivity index (χ2v) is 6.03. The zero-order valence-corrected chi connectivity index (χ0v) is 12.7. The number of fused-ring (bicyclic) bond motifs is 1. The molecule has 4 rings (SSSR count). The van der Waals surface area contributed by atoms with Gasteiger partial charge in [0.05, 0.1) is 23.1 Å². The van der Waals surface area contributed by atoms with Gasteiger partial charge < -0.3 is 0 Å². The SMILES string of the molecule is Cc1cc(C2CC2)cc2c1c(C)nc(=O)n2-c1cccnc1. The summed E-state index contributed by atoms with van der Waals surface area (Å²) in [4.78, 5) is 20.8. The van der Waals surface area contributed by atoms with Gasteiger partial charge in [0.25, 0.3) is 0 Å². The minimum Gasteiger partial charge on any atom is -0.263 e. The molecule has 3 aromatic rings. The lowest BCUT2D eigenvalue weighted by atomic mass is 10.0. The first kappa shape index (κ1) is 13.2. The van der Waals surface area contributed by atoms with Crippen molar-refractivity contribution >= 4 is 10.9 Å². The highest BCUT2D eigenvalue weighted by Gasteiger charge is 2.25. The second-order valence-electron chi connectivity index (χ2n) is 6.03. The molecule has 0 bridgehead atoms. The minimum absolute atomic E-state index is 0.245. The highest BCUT2D eigenvalue weighted by atomic mass is 16.1. The molecule has 0 radical (unpaired) electrons. The van der Waals surface area contributed by atoms with Gasteiger partial charge >= 0.3 is 5.69 Å². The number of nitrogens with zero attached hydrogens (tertiary/aromatic N) is 3. The molecule has 2 heterocycles. The molecule has 1 aromatic carbocycles. The van der Waals surface area contributed by atoms with Crippen molar-refractivity contribution in [2.45, 2.75) is 32.6 Å². The van der Waals surface area contributed by atoms with E-state index in [-0.39, 0.29) is 5.69 Å². The van der Waals surface area contributed by atoms with Crippen molar-refractivity contribution < 1.29 is 0 Å². The van der Waals surface area contributed by atoms with Crippen molar-refractivity contribution in [2.24, 2.45) is 0 Å². The standard InChI is InChI=1S/C18H17N3O/c1-11-8-14(13-5-6-13)9-16-17(11)12(2)20-18(22)21(16)15-4-3-7-19-10-15/h3-4,7-10,13H,5-6H2,1-2H3. The molecule has 22 heavy (non-hydrogen) atoms.